The van der Waals surface area contributed by atoms with Gasteiger partial charge >= 0.3 is 0 Å². The molecule has 3 nitrogen and oxygen atoms in total. The topological polar surface area (TPSA) is 42.0 Å². The Morgan fingerprint density at radius 1 is 1.77 bits per heavy atom. The molecule has 0 aliphatic heterocycles. The summed E-state index contributed by atoms with van der Waals surface area (Å²) in [5, 5.41) is 5.39. The standard InChI is InChI=1S/C9H10N2OS/c1-4-7(12)11-9(2,3)8-10-5-6-13-8/h1,5-6H,2-3H3,(H,11,12). The van der Waals surface area contributed by atoms with Crippen LogP contribution >= 0.6 is 11.3 Å². The van der Waals surface area contributed by atoms with Crippen LogP contribution in [0.25, 0.3) is 0 Å². The first-order chi connectivity index (χ1) is 6.06. The van der Waals surface area contributed by atoms with Gasteiger partial charge in [-0.05, 0) is 19.8 Å². The molecule has 1 rings (SSSR count). The molecule has 0 atom stereocenters. The summed E-state index contributed by atoms with van der Waals surface area (Å²) in [6.45, 7) is 3.72. The minimum atomic E-state index is -0.488. The summed E-state index contributed by atoms with van der Waals surface area (Å²) in [5.41, 5.74) is -0.488. The van der Waals surface area contributed by atoms with Crippen molar-refractivity contribution in [3.63, 3.8) is 0 Å². The van der Waals surface area contributed by atoms with Crippen molar-refractivity contribution in [2.75, 3.05) is 0 Å². The van der Waals surface area contributed by atoms with Crippen molar-refractivity contribution in [3.05, 3.63) is 16.6 Å². The highest BCUT2D eigenvalue weighted by Gasteiger charge is 2.24. The van der Waals surface area contributed by atoms with Gasteiger partial charge in [0.15, 0.2) is 0 Å². The number of carbonyl (C=O) groups is 1. The van der Waals surface area contributed by atoms with Crippen LogP contribution in [-0.4, -0.2) is 10.9 Å². The number of carbonyl (C=O) groups excluding carboxylic acids is 1. The molecule has 0 fully saturated rings. The van der Waals surface area contributed by atoms with E-state index >= 15 is 0 Å². The molecule has 0 saturated heterocycles. The lowest BCUT2D eigenvalue weighted by molar-refractivity contribution is -0.117. The second kappa shape index (κ2) is 3.58. The van der Waals surface area contributed by atoms with Crippen LogP contribution in [0.5, 0.6) is 0 Å². The van der Waals surface area contributed by atoms with Crippen molar-refractivity contribution in [2.45, 2.75) is 19.4 Å². The van der Waals surface area contributed by atoms with E-state index in [2.05, 4.69) is 10.3 Å². The minimum absolute atomic E-state index is 0.416. The molecule has 0 saturated carbocycles. The van der Waals surface area contributed by atoms with E-state index in [4.69, 9.17) is 6.42 Å². The zero-order valence-electron chi connectivity index (χ0n) is 7.50. The molecular weight excluding hydrogens is 184 g/mol. The molecule has 0 aliphatic rings. The fraction of sp³-hybridized carbons (Fsp3) is 0.333. The first-order valence-electron chi connectivity index (χ1n) is 3.75. The van der Waals surface area contributed by atoms with Crippen LogP contribution in [0.15, 0.2) is 11.6 Å². The second-order valence-electron chi connectivity index (χ2n) is 3.06. The number of aromatic nitrogens is 1. The molecule has 4 heteroatoms. The highest BCUT2D eigenvalue weighted by molar-refractivity contribution is 7.09. The number of hydrogen-bond acceptors (Lipinski definition) is 3. The van der Waals surface area contributed by atoms with Crippen LogP contribution in [0, 0.1) is 12.3 Å². The SMILES string of the molecule is C#CC(=O)NC(C)(C)c1nccs1. The lowest BCUT2D eigenvalue weighted by atomic mass is 10.1. The second-order valence-corrected chi connectivity index (χ2v) is 3.96. The third kappa shape index (κ3) is 2.30. The molecule has 0 aromatic carbocycles. The third-order valence-corrected chi connectivity index (χ3v) is 2.62. The largest absolute Gasteiger partial charge is 0.334 e. The van der Waals surface area contributed by atoms with Gasteiger partial charge in [0.1, 0.15) is 5.01 Å². The van der Waals surface area contributed by atoms with Crippen LogP contribution in [0.1, 0.15) is 18.9 Å². The first kappa shape index (κ1) is 9.75. The quantitative estimate of drug-likeness (QED) is 0.717. The minimum Gasteiger partial charge on any atom is -0.334 e. The Hall–Kier alpha value is -1.34. The average molecular weight is 194 g/mol. The first-order valence-corrected chi connectivity index (χ1v) is 4.63. The monoisotopic (exact) mass is 194 g/mol. The van der Waals surface area contributed by atoms with Gasteiger partial charge in [-0.1, -0.05) is 0 Å². The van der Waals surface area contributed by atoms with Gasteiger partial charge in [-0.2, -0.15) is 0 Å². The van der Waals surface area contributed by atoms with E-state index in [0.717, 1.165) is 5.01 Å². The lowest BCUT2D eigenvalue weighted by Crippen LogP contribution is -2.40. The van der Waals surface area contributed by atoms with Crippen molar-refractivity contribution < 1.29 is 4.79 Å². The van der Waals surface area contributed by atoms with E-state index in [9.17, 15) is 4.79 Å². The molecule has 0 unspecified atom stereocenters. The van der Waals surface area contributed by atoms with Crippen molar-refractivity contribution >= 4 is 17.2 Å². The summed E-state index contributed by atoms with van der Waals surface area (Å²) in [6, 6.07) is 0. The van der Waals surface area contributed by atoms with Crippen molar-refractivity contribution in [3.8, 4) is 12.3 Å². The van der Waals surface area contributed by atoms with Crippen LogP contribution in [0.4, 0.5) is 0 Å². The summed E-state index contributed by atoms with van der Waals surface area (Å²) >= 11 is 1.49. The highest BCUT2D eigenvalue weighted by atomic mass is 32.1. The van der Waals surface area contributed by atoms with Crippen LogP contribution in [0.3, 0.4) is 0 Å². The maximum atomic E-state index is 11.0. The Bertz CT molecular complexity index is 335. The van der Waals surface area contributed by atoms with E-state index < -0.39 is 11.4 Å². The maximum absolute atomic E-state index is 11.0. The summed E-state index contributed by atoms with van der Waals surface area (Å²) in [7, 11) is 0. The van der Waals surface area contributed by atoms with Crippen LogP contribution < -0.4 is 5.32 Å². The fourth-order valence-electron chi connectivity index (χ4n) is 0.906. The molecule has 1 amide bonds. The van der Waals surface area contributed by atoms with Crippen molar-refractivity contribution in [2.24, 2.45) is 0 Å². The van der Waals surface area contributed by atoms with Crippen LogP contribution in [-0.2, 0) is 10.3 Å². The highest BCUT2D eigenvalue weighted by Crippen LogP contribution is 2.21. The summed E-state index contributed by atoms with van der Waals surface area (Å²) in [6.07, 6.45) is 6.65. The molecule has 13 heavy (non-hydrogen) atoms. The molecule has 1 aromatic rings. The smallest absolute Gasteiger partial charge is 0.296 e. The molecule has 1 N–H and O–H groups in total. The van der Waals surface area contributed by atoms with Crippen molar-refractivity contribution in [1.82, 2.24) is 10.3 Å². The van der Waals surface area contributed by atoms with Gasteiger partial charge in [0.05, 0.1) is 5.54 Å². The van der Waals surface area contributed by atoms with Gasteiger partial charge in [0.2, 0.25) is 0 Å². The molecule has 0 aliphatic carbocycles. The van der Waals surface area contributed by atoms with E-state index in [1.807, 2.05) is 25.1 Å². The molecular formula is C9H10N2OS. The zero-order valence-corrected chi connectivity index (χ0v) is 8.31. The Balaban J connectivity index is 2.79. The molecule has 0 radical (unpaired) electrons. The Morgan fingerprint density at radius 3 is 2.92 bits per heavy atom. The Labute approximate surface area is 81.2 Å². The predicted octanol–water partition coefficient (Wildman–Crippen LogP) is 1.13. The van der Waals surface area contributed by atoms with E-state index in [-0.39, 0.29) is 0 Å². The molecule has 68 valence electrons. The Morgan fingerprint density at radius 2 is 2.46 bits per heavy atom. The summed E-state index contributed by atoms with van der Waals surface area (Å²) in [4.78, 5) is 15.1. The van der Waals surface area contributed by atoms with Gasteiger partial charge in [0, 0.05) is 11.6 Å². The number of nitrogens with one attached hydrogen (secondary N) is 1. The Kier molecular flexibility index (Phi) is 2.69. The van der Waals surface area contributed by atoms with Gasteiger partial charge in [-0.25, -0.2) is 4.98 Å². The predicted molar refractivity (Wildman–Crippen MR) is 52.1 cm³/mol. The number of hydrogen-bond donors (Lipinski definition) is 1. The summed E-state index contributed by atoms with van der Waals surface area (Å²) < 4.78 is 0. The van der Waals surface area contributed by atoms with Crippen LogP contribution in [0.2, 0.25) is 0 Å². The molecule has 0 spiro atoms. The maximum Gasteiger partial charge on any atom is 0.296 e. The van der Waals surface area contributed by atoms with E-state index in [0.29, 0.717) is 0 Å². The molecule has 1 heterocycles. The van der Waals surface area contributed by atoms with Gasteiger partial charge in [-0.15, -0.1) is 17.8 Å². The van der Waals surface area contributed by atoms with Gasteiger partial charge < -0.3 is 5.32 Å². The normalized spacial score (nSPS) is 10.5. The van der Waals surface area contributed by atoms with Gasteiger partial charge in [0.25, 0.3) is 5.91 Å². The molecule has 0 bridgehead atoms. The number of terminal acetylenes is 1. The van der Waals surface area contributed by atoms with Gasteiger partial charge in [-0.3, -0.25) is 4.79 Å². The van der Waals surface area contributed by atoms with E-state index in [1.54, 1.807) is 6.20 Å². The third-order valence-electron chi connectivity index (χ3n) is 1.52. The number of nitrogens with zero attached hydrogens (tertiary/aromatic N) is 1. The average Bonchev–Trinajstić information content (AvgIpc) is 2.55. The number of amides is 1. The fourth-order valence-corrected chi connectivity index (χ4v) is 1.62. The number of thiazole rings is 1. The molecule has 1 aromatic heterocycles. The van der Waals surface area contributed by atoms with Crippen molar-refractivity contribution in [1.29, 1.82) is 0 Å². The number of rotatable bonds is 2. The lowest BCUT2D eigenvalue weighted by Gasteiger charge is -2.21. The van der Waals surface area contributed by atoms with E-state index in [1.165, 1.54) is 11.3 Å². The zero-order chi connectivity index (χ0) is 9.90. The summed E-state index contributed by atoms with van der Waals surface area (Å²) in [5.74, 6) is 1.59.